The van der Waals surface area contributed by atoms with Crippen LogP contribution in [0.1, 0.15) is 5.69 Å². The molecule has 2 aromatic heterocycles. The van der Waals surface area contributed by atoms with E-state index >= 15 is 0 Å². The van der Waals surface area contributed by atoms with Crippen LogP contribution >= 0.6 is 11.8 Å². The van der Waals surface area contributed by atoms with Crippen LogP contribution in [0, 0.1) is 0 Å². The lowest BCUT2D eigenvalue weighted by atomic mass is 10.4. The monoisotopic (exact) mass is 303 g/mol. The molecule has 0 fully saturated rings. The molecule has 5 nitrogen and oxygen atoms in total. The fourth-order valence-corrected chi connectivity index (χ4v) is 2.15. The van der Waals surface area contributed by atoms with Crippen LogP contribution in [-0.4, -0.2) is 31.6 Å². The molecule has 0 radical (unpaired) electrons. The minimum absolute atomic E-state index is 0.103. The summed E-state index contributed by atoms with van der Waals surface area (Å²) in [5.74, 6) is -1.47. The van der Waals surface area contributed by atoms with E-state index in [-0.39, 0.29) is 10.8 Å². The molecule has 0 saturated carbocycles. The number of nitrogens with zero attached hydrogens (tertiary/aromatic N) is 3. The Bertz CT molecular complexity index is 613. The Morgan fingerprint density at radius 2 is 2.00 bits per heavy atom. The highest BCUT2D eigenvalue weighted by Crippen LogP contribution is 2.32. The second-order valence-corrected chi connectivity index (χ2v) is 4.66. The minimum Gasteiger partial charge on any atom is -0.481 e. The number of alkyl halides is 3. The fourth-order valence-electron chi connectivity index (χ4n) is 1.41. The number of aromatic nitrogens is 3. The van der Waals surface area contributed by atoms with E-state index in [9.17, 15) is 18.0 Å². The molecule has 0 saturated heterocycles. The quantitative estimate of drug-likeness (QED) is 0.879. The smallest absolute Gasteiger partial charge is 0.435 e. The lowest BCUT2D eigenvalue weighted by molar-refractivity contribution is -0.141. The molecule has 0 amide bonds. The van der Waals surface area contributed by atoms with Gasteiger partial charge in [0.15, 0.2) is 5.69 Å². The van der Waals surface area contributed by atoms with Gasteiger partial charge in [-0.25, -0.2) is 4.68 Å². The Morgan fingerprint density at radius 3 is 2.55 bits per heavy atom. The molecule has 0 bridgehead atoms. The number of carbonyl (C=O) groups is 1. The van der Waals surface area contributed by atoms with Gasteiger partial charge in [-0.05, 0) is 12.1 Å². The second-order valence-electron chi connectivity index (χ2n) is 3.67. The summed E-state index contributed by atoms with van der Waals surface area (Å²) in [4.78, 5) is 14.3. The van der Waals surface area contributed by atoms with Crippen LogP contribution in [0.2, 0.25) is 0 Å². The first-order valence-electron chi connectivity index (χ1n) is 5.30. The molecule has 9 heteroatoms. The normalized spacial score (nSPS) is 11.6. The van der Waals surface area contributed by atoms with Crippen LogP contribution in [0.5, 0.6) is 0 Å². The summed E-state index contributed by atoms with van der Waals surface area (Å²) >= 11 is 0.767. The highest BCUT2D eigenvalue weighted by Gasteiger charge is 2.35. The number of aliphatic carboxylic acids is 1. The third kappa shape index (κ3) is 3.29. The Kier molecular flexibility index (Phi) is 3.98. The van der Waals surface area contributed by atoms with Crippen molar-refractivity contribution in [1.29, 1.82) is 0 Å². The maximum absolute atomic E-state index is 12.7. The van der Waals surface area contributed by atoms with Crippen LogP contribution in [-0.2, 0) is 11.0 Å². The van der Waals surface area contributed by atoms with Crippen molar-refractivity contribution in [3.05, 3.63) is 36.3 Å². The van der Waals surface area contributed by atoms with Gasteiger partial charge in [-0.3, -0.25) is 9.78 Å². The van der Waals surface area contributed by atoms with Crippen LogP contribution in [0.4, 0.5) is 13.2 Å². The predicted molar refractivity (Wildman–Crippen MR) is 64.7 cm³/mol. The van der Waals surface area contributed by atoms with Gasteiger partial charge in [0.05, 0.1) is 11.4 Å². The zero-order valence-corrected chi connectivity index (χ0v) is 10.6. The Morgan fingerprint density at radius 1 is 1.35 bits per heavy atom. The topological polar surface area (TPSA) is 68.0 Å². The van der Waals surface area contributed by atoms with Crippen molar-refractivity contribution in [2.45, 2.75) is 11.2 Å². The van der Waals surface area contributed by atoms with Crippen LogP contribution in [0.3, 0.4) is 0 Å². The van der Waals surface area contributed by atoms with E-state index in [4.69, 9.17) is 5.11 Å². The number of rotatable bonds is 4. The molecule has 0 aromatic carbocycles. The standard InChI is InChI=1S/C11H8F3N3O2S/c12-11(13,14)8-5-9(20-6-10(18)19)17(16-8)7-1-3-15-4-2-7/h1-5H,6H2,(H,18,19). The molecule has 0 spiro atoms. The lowest BCUT2D eigenvalue weighted by Crippen LogP contribution is -2.07. The van der Waals surface area contributed by atoms with Crippen molar-refractivity contribution in [3.8, 4) is 5.69 Å². The second kappa shape index (κ2) is 5.53. The summed E-state index contributed by atoms with van der Waals surface area (Å²) in [6, 6.07) is 3.80. The Balaban J connectivity index is 2.42. The zero-order chi connectivity index (χ0) is 14.8. The molecule has 2 heterocycles. The van der Waals surface area contributed by atoms with Gasteiger partial charge >= 0.3 is 12.1 Å². The maximum Gasteiger partial charge on any atom is 0.435 e. The average Bonchev–Trinajstić information content (AvgIpc) is 2.81. The summed E-state index contributed by atoms with van der Waals surface area (Å²) in [5, 5.41) is 12.2. The highest BCUT2D eigenvalue weighted by atomic mass is 32.2. The van der Waals surface area contributed by atoms with E-state index in [0.717, 1.165) is 22.5 Å². The van der Waals surface area contributed by atoms with E-state index in [0.29, 0.717) is 5.69 Å². The van der Waals surface area contributed by atoms with Gasteiger partial charge in [0.1, 0.15) is 5.03 Å². The third-order valence-electron chi connectivity index (χ3n) is 2.22. The van der Waals surface area contributed by atoms with Crippen LogP contribution in [0.25, 0.3) is 5.69 Å². The van der Waals surface area contributed by atoms with Gasteiger partial charge in [-0.15, -0.1) is 0 Å². The molecule has 20 heavy (non-hydrogen) atoms. The van der Waals surface area contributed by atoms with E-state index in [1.54, 1.807) is 0 Å². The molecule has 106 valence electrons. The van der Waals surface area contributed by atoms with Gasteiger partial charge in [0, 0.05) is 18.5 Å². The summed E-state index contributed by atoms with van der Waals surface area (Å²) in [6.07, 6.45) is -1.76. The number of carboxylic acids is 1. The average molecular weight is 303 g/mol. The van der Waals surface area contributed by atoms with Crippen molar-refractivity contribution in [1.82, 2.24) is 14.8 Å². The fraction of sp³-hybridized carbons (Fsp3) is 0.182. The van der Waals surface area contributed by atoms with Crippen molar-refractivity contribution < 1.29 is 23.1 Å². The van der Waals surface area contributed by atoms with E-state index in [1.165, 1.54) is 24.5 Å². The first-order valence-corrected chi connectivity index (χ1v) is 6.29. The molecular weight excluding hydrogens is 295 g/mol. The Hall–Kier alpha value is -2.03. The number of pyridine rings is 1. The van der Waals surface area contributed by atoms with Gasteiger partial charge in [-0.1, -0.05) is 11.8 Å². The highest BCUT2D eigenvalue weighted by molar-refractivity contribution is 7.99. The van der Waals surface area contributed by atoms with Crippen molar-refractivity contribution >= 4 is 17.7 Å². The number of carboxylic acid groups (broad SMARTS) is 1. The minimum atomic E-state index is -4.59. The first-order chi connectivity index (χ1) is 9.38. The molecule has 2 aromatic rings. The van der Waals surface area contributed by atoms with Gasteiger partial charge < -0.3 is 5.11 Å². The molecule has 0 aliphatic carbocycles. The Labute approximate surface area is 115 Å². The maximum atomic E-state index is 12.7. The number of hydrogen-bond donors (Lipinski definition) is 1. The van der Waals surface area contributed by atoms with Crippen LogP contribution in [0.15, 0.2) is 35.6 Å². The zero-order valence-electron chi connectivity index (χ0n) is 9.83. The SMILES string of the molecule is O=C(O)CSc1cc(C(F)(F)F)nn1-c1ccncc1. The predicted octanol–water partition coefficient (Wildman–Crippen LogP) is 2.46. The summed E-state index contributed by atoms with van der Waals surface area (Å²) in [7, 11) is 0. The van der Waals surface area contributed by atoms with Crippen molar-refractivity contribution in [2.75, 3.05) is 5.75 Å². The summed E-state index contributed by atoms with van der Waals surface area (Å²) in [6.45, 7) is 0. The molecular formula is C11H8F3N3O2S. The number of thioether (sulfide) groups is 1. The molecule has 0 aliphatic heterocycles. The largest absolute Gasteiger partial charge is 0.481 e. The van der Waals surface area contributed by atoms with Crippen molar-refractivity contribution in [2.24, 2.45) is 0 Å². The summed E-state index contributed by atoms with van der Waals surface area (Å²) < 4.78 is 39.1. The van der Waals surface area contributed by atoms with Gasteiger partial charge in [-0.2, -0.15) is 18.3 Å². The summed E-state index contributed by atoms with van der Waals surface area (Å²) in [5.41, 5.74) is -0.689. The van der Waals surface area contributed by atoms with E-state index in [1.807, 2.05) is 0 Å². The van der Waals surface area contributed by atoms with Gasteiger partial charge in [0.25, 0.3) is 0 Å². The number of hydrogen-bond acceptors (Lipinski definition) is 4. The molecule has 0 unspecified atom stereocenters. The molecule has 0 aliphatic rings. The molecule has 2 rings (SSSR count). The lowest BCUT2D eigenvalue weighted by Gasteiger charge is -2.05. The first kappa shape index (κ1) is 14.4. The van der Waals surface area contributed by atoms with E-state index in [2.05, 4.69) is 10.1 Å². The molecule has 1 N–H and O–H groups in total. The number of halogens is 3. The van der Waals surface area contributed by atoms with E-state index < -0.39 is 17.8 Å². The van der Waals surface area contributed by atoms with Crippen molar-refractivity contribution in [3.63, 3.8) is 0 Å². The van der Waals surface area contributed by atoms with Gasteiger partial charge in [0.2, 0.25) is 0 Å². The third-order valence-corrected chi connectivity index (χ3v) is 3.20. The van der Waals surface area contributed by atoms with Crippen LogP contribution < -0.4 is 0 Å². The molecule has 0 atom stereocenters.